The van der Waals surface area contributed by atoms with Crippen LogP contribution in [0, 0.1) is 0 Å². The van der Waals surface area contributed by atoms with Crippen molar-refractivity contribution in [2.75, 3.05) is 11.9 Å². The zero-order valence-electron chi connectivity index (χ0n) is 16.6. The van der Waals surface area contributed by atoms with Gasteiger partial charge in [0.1, 0.15) is 5.82 Å². The van der Waals surface area contributed by atoms with Crippen LogP contribution in [0.3, 0.4) is 0 Å². The fraction of sp³-hybridized carbons (Fsp3) is 0.227. The number of H-pyrrole nitrogens is 1. The van der Waals surface area contributed by atoms with Crippen molar-refractivity contribution < 1.29 is 9.53 Å². The van der Waals surface area contributed by atoms with Crippen molar-refractivity contribution >= 4 is 34.9 Å². The number of carbonyl (C=O) groups excluding carboxylic acids is 1. The van der Waals surface area contributed by atoms with Crippen LogP contribution in [0.15, 0.2) is 69.1 Å². The SMILES string of the molecule is CCOC(=O)C1=C(C)Nc2nc(SCc3ccccc3)[nH]c(=O)c2C1c1cccs1. The summed E-state index contributed by atoms with van der Waals surface area (Å²) in [6.45, 7) is 3.85. The predicted octanol–water partition coefficient (Wildman–Crippen LogP) is 4.52. The molecule has 1 aromatic carbocycles. The van der Waals surface area contributed by atoms with Gasteiger partial charge in [0.2, 0.25) is 0 Å². The van der Waals surface area contributed by atoms with Gasteiger partial charge in [-0.25, -0.2) is 9.78 Å². The Bertz CT molecular complexity index is 1140. The third-order valence-electron chi connectivity index (χ3n) is 4.76. The summed E-state index contributed by atoms with van der Waals surface area (Å²) in [4.78, 5) is 34.3. The van der Waals surface area contributed by atoms with Crippen molar-refractivity contribution in [3.05, 3.63) is 85.5 Å². The smallest absolute Gasteiger partial charge is 0.336 e. The molecule has 0 aliphatic carbocycles. The number of hydrogen-bond donors (Lipinski definition) is 2. The zero-order chi connectivity index (χ0) is 21.1. The lowest BCUT2D eigenvalue weighted by Crippen LogP contribution is -2.30. The number of thioether (sulfide) groups is 1. The van der Waals surface area contributed by atoms with Gasteiger partial charge in [-0.2, -0.15) is 0 Å². The number of carbonyl (C=O) groups is 1. The van der Waals surface area contributed by atoms with E-state index in [-0.39, 0.29) is 12.2 Å². The van der Waals surface area contributed by atoms with Gasteiger partial charge in [-0.3, -0.25) is 4.79 Å². The van der Waals surface area contributed by atoms with Crippen LogP contribution in [0.5, 0.6) is 0 Å². The van der Waals surface area contributed by atoms with E-state index < -0.39 is 11.9 Å². The molecule has 0 spiro atoms. The van der Waals surface area contributed by atoms with Crippen LogP contribution in [0.2, 0.25) is 0 Å². The maximum absolute atomic E-state index is 13.1. The second-order valence-corrected chi connectivity index (χ2v) is 8.68. The molecule has 0 bridgehead atoms. The summed E-state index contributed by atoms with van der Waals surface area (Å²) in [6.07, 6.45) is 0. The molecule has 2 aromatic heterocycles. The molecule has 1 aliphatic heterocycles. The number of benzene rings is 1. The van der Waals surface area contributed by atoms with Gasteiger partial charge < -0.3 is 15.0 Å². The molecule has 154 valence electrons. The predicted molar refractivity (Wildman–Crippen MR) is 120 cm³/mol. The van der Waals surface area contributed by atoms with Crippen molar-refractivity contribution in [2.24, 2.45) is 0 Å². The molecule has 0 radical (unpaired) electrons. The molecule has 0 saturated carbocycles. The summed E-state index contributed by atoms with van der Waals surface area (Å²) in [5.41, 5.74) is 2.43. The second kappa shape index (κ2) is 8.89. The maximum Gasteiger partial charge on any atom is 0.336 e. The van der Waals surface area contributed by atoms with Crippen LogP contribution in [-0.4, -0.2) is 22.5 Å². The lowest BCUT2D eigenvalue weighted by atomic mass is 9.86. The van der Waals surface area contributed by atoms with E-state index in [1.165, 1.54) is 23.1 Å². The molecule has 1 atom stereocenters. The number of ether oxygens (including phenoxy) is 1. The lowest BCUT2D eigenvalue weighted by molar-refractivity contribution is -0.138. The Labute approximate surface area is 182 Å². The molecule has 6 nitrogen and oxygen atoms in total. The summed E-state index contributed by atoms with van der Waals surface area (Å²) in [6, 6.07) is 13.8. The minimum atomic E-state index is -0.510. The van der Waals surface area contributed by atoms with Crippen LogP contribution in [-0.2, 0) is 15.3 Å². The highest BCUT2D eigenvalue weighted by Gasteiger charge is 2.36. The number of nitrogens with zero attached hydrogens (tertiary/aromatic N) is 1. The standard InChI is InChI=1S/C22H21N3O3S2/c1-3-28-21(27)16-13(2)23-19-18(17(16)15-10-7-11-29-15)20(26)25-22(24-19)30-12-14-8-5-4-6-9-14/h4-11,17H,3,12H2,1-2H3,(H2,23,24,25,26). The normalized spacial score (nSPS) is 15.5. The minimum Gasteiger partial charge on any atom is -0.463 e. The van der Waals surface area contributed by atoms with Gasteiger partial charge in [0, 0.05) is 16.3 Å². The van der Waals surface area contributed by atoms with E-state index in [0.717, 1.165) is 10.4 Å². The van der Waals surface area contributed by atoms with Gasteiger partial charge in [0.05, 0.1) is 23.7 Å². The van der Waals surface area contributed by atoms with E-state index in [2.05, 4.69) is 15.3 Å². The lowest BCUT2D eigenvalue weighted by Gasteiger charge is -2.27. The van der Waals surface area contributed by atoms with Crippen molar-refractivity contribution in [3.8, 4) is 0 Å². The van der Waals surface area contributed by atoms with Gasteiger partial charge >= 0.3 is 5.97 Å². The second-order valence-electron chi connectivity index (χ2n) is 6.74. The van der Waals surface area contributed by atoms with E-state index >= 15 is 0 Å². The fourth-order valence-corrected chi connectivity index (χ4v) is 5.10. The largest absolute Gasteiger partial charge is 0.463 e. The highest BCUT2D eigenvalue weighted by Crippen LogP contribution is 2.41. The van der Waals surface area contributed by atoms with Crippen LogP contribution in [0.4, 0.5) is 5.82 Å². The zero-order valence-corrected chi connectivity index (χ0v) is 18.2. The number of rotatable bonds is 6. The fourth-order valence-electron chi connectivity index (χ4n) is 3.44. The monoisotopic (exact) mass is 439 g/mol. The van der Waals surface area contributed by atoms with Gasteiger partial charge in [0.15, 0.2) is 5.16 Å². The minimum absolute atomic E-state index is 0.254. The molecule has 3 heterocycles. The molecule has 2 N–H and O–H groups in total. The van der Waals surface area contributed by atoms with Crippen LogP contribution < -0.4 is 10.9 Å². The summed E-state index contributed by atoms with van der Waals surface area (Å²) in [5.74, 6) is 0.247. The molecule has 8 heteroatoms. The quantitative estimate of drug-likeness (QED) is 0.334. The summed E-state index contributed by atoms with van der Waals surface area (Å²) in [7, 11) is 0. The Morgan fingerprint density at radius 1 is 1.23 bits per heavy atom. The van der Waals surface area contributed by atoms with Crippen LogP contribution in [0.25, 0.3) is 0 Å². The van der Waals surface area contributed by atoms with Gasteiger partial charge in [0.25, 0.3) is 5.56 Å². The van der Waals surface area contributed by atoms with Crippen molar-refractivity contribution in [2.45, 2.75) is 30.7 Å². The Morgan fingerprint density at radius 3 is 2.73 bits per heavy atom. The summed E-state index contributed by atoms with van der Waals surface area (Å²) in [5, 5.41) is 5.63. The molecular weight excluding hydrogens is 418 g/mol. The van der Waals surface area contributed by atoms with E-state index in [0.29, 0.717) is 33.6 Å². The summed E-state index contributed by atoms with van der Waals surface area (Å²) >= 11 is 2.96. The number of nitrogens with one attached hydrogen (secondary N) is 2. The van der Waals surface area contributed by atoms with Crippen LogP contribution >= 0.6 is 23.1 Å². The van der Waals surface area contributed by atoms with Gasteiger partial charge in [-0.05, 0) is 30.9 Å². The van der Waals surface area contributed by atoms with Crippen molar-refractivity contribution in [3.63, 3.8) is 0 Å². The summed E-state index contributed by atoms with van der Waals surface area (Å²) < 4.78 is 5.28. The third kappa shape index (κ3) is 4.06. The molecular formula is C22H21N3O3S2. The molecule has 0 fully saturated rings. The Balaban J connectivity index is 1.73. The number of allylic oxidation sites excluding steroid dienone is 1. The molecule has 30 heavy (non-hydrogen) atoms. The first-order valence-corrected chi connectivity index (χ1v) is 11.4. The number of aromatic nitrogens is 2. The van der Waals surface area contributed by atoms with Crippen molar-refractivity contribution in [1.29, 1.82) is 0 Å². The number of thiophene rings is 1. The average Bonchev–Trinajstić information content (AvgIpc) is 3.26. The molecule has 0 amide bonds. The highest BCUT2D eigenvalue weighted by atomic mass is 32.2. The van der Waals surface area contributed by atoms with Gasteiger partial charge in [-0.15, -0.1) is 11.3 Å². The highest BCUT2D eigenvalue weighted by molar-refractivity contribution is 7.98. The first kappa shape index (κ1) is 20.4. The molecule has 3 aromatic rings. The Hall–Kier alpha value is -2.84. The maximum atomic E-state index is 13.1. The van der Waals surface area contributed by atoms with E-state index in [1.807, 2.05) is 54.8 Å². The first-order chi connectivity index (χ1) is 14.6. The number of fused-ring (bicyclic) bond motifs is 1. The number of hydrogen-bond acceptors (Lipinski definition) is 7. The van der Waals surface area contributed by atoms with Gasteiger partial charge in [-0.1, -0.05) is 48.2 Å². The Kier molecular flexibility index (Phi) is 6.06. The third-order valence-corrected chi connectivity index (χ3v) is 6.64. The van der Waals surface area contributed by atoms with E-state index in [4.69, 9.17) is 4.74 Å². The molecule has 1 aliphatic rings. The van der Waals surface area contributed by atoms with E-state index in [9.17, 15) is 9.59 Å². The molecule has 0 saturated heterocycles. The van der Waals surface area contributed by atoms with Crippen molar-refractivity contribution in [1.82, 2.24) is 9.97 Å². The van der Waals surface area contributed by atoms with Crippen LogP contribution in [0.1, 0.15) is 35.8 Å². The topological polar surface area (TPSA) is 84.1 Å². The number of anilines is 1. The average molecular weight is 440 g/mol. The van der Waals surface area contributed by atoms with E-state index in [1.54, 1.807) is 6.92 Å². The number of aromatic amines is 1. The first-order valence-electron chi connectivity index (χ1n) is 9.57. The molecule has 1 unspecified atom stereocenters. The Morgan fingerprint density at radius 2 is 2.03 bits per heavy atom. The molecule has 4 rings (SSSR count). The number of esters is 1.